The third-order valence-corrected chi connectivity index (χ3v) is 5.11. The van der Waals surface area contributed by atoms with Crippen LogP contribution in [0, 0.1) is 0 Å². The number of benzene rings is 2. The Bertz CT molecular complexity index is 905. The first kappa shape index (κ1) is 20.5. The number of rotatable bonds is 7. The Balaban J connectivity index is 1.60. The topological polar surface area (TPSA) is 81.8 Å². The second-order valence-electron chi connectivity index (χ2n) is 6.66. The van der Waals surface area contributed by atoms with Crippen molar-refractivity contribution < 1.29 is 14.4 Å². The minimum atomic E-state index is -0.878. The van der Waals surface area contributed by atoms with Crippen LogP contribution < -0.4 is 10.7 Å². The first-order valence-corrected chi connectivity index (χ1v) is 9.65. The van der Waals surface area contributed by atoms with E-state index in [1.807, 2.05) is 30.3 Å². The molecule has 0 unspecified atom stereocenters. The highest BCUT2D eigenvalue weighted by Gasteiger charge is 2.42. The summed E-state index contributed by atoms with van der Waals surface area (Å²) in [6, 6.07) is 17.5. The van der Waals surface area contributed by atoms with Gasteiger partial charge in [0, 0.05) is 19.2 Å². The molecule has 0 aliphatic carbocycles. The van der Waals surface area contributed by atoms with Crippen LogP contribution >= 0.6 is 12.2 Å². The van der Waals surface area contributed by atoms with Crippen LogP contribution in [-0.4, -0.2) is 52.4 Å². The Hall–Kier alpha value is -3.26. The molecule has 1 heterocycles. The van der Waals surface area contributed by atoms with Crippen molar-refractivity contribution in [3.05, 3.63) is 71.8 Å². The first-order chi connectivity index (χ1) is 14.0. The van der Waals surface area contributed by atoms with Crippen molar-refractivity contribution >= 4 is 35.1 Å². The number of carbonyl (C=O) groups excluding carboxylic acids is 3. The molecule has 1 saturated heterocycles. The molecule has 1 aliphatic heterocycles. The molecule has 1 aliphatic rings. The molecule has 3 rings (SSSR count). The van der Waals surface area contributed by atoms with Gasteiger partial charge in [-0.1, -0.05) is 48.5 Å². The van der Waals surface area contributed by atoms with E-state index in [2.05, 4.69) is 10.7 Å². The number of likely N-dealkylation sites (N-methyl/N-ethyl adjacent to an activating group) is 1. The lowest BCUT2D eigenvalue weighted by atomic mass is 10.1. The molecule has 29 heavy (non-hydrogen) atoms. The summed E-state index contributed by atoms with van der Waals surface area (Å²) >= 11 is 5.27. The third kappa shape index (κ3) is 4.97. The number of hydrogen-bond acceptors (Lipinski definition) is 4. The Morgan fingerprint density at radius 1 is 1.03 bits per heavy atom. The minimum absolute atomic E-state index is 0.104. The van der Waals surface area contributed by atoms with Gasteiger partial charge in [-0.3, -0.25) is 24.7 Å². The first-order valence-electron chi connectivity index (χ1n) is 9.25. The zero-order chi connectivity index (χ0) is 20.8. The Morgan fingerprint density at radius 2 is 1.66 bits per heavy atom. The van der Waals surface area contributed by atoms with Gasteiger partial charge in [0.05, 0.1) is 6.42 Å². The molecule has 8 heteroatoms. The maximum atomic E-state index is 12.5. The smallest absolute Gasteiger partial charge is 0.269 e. The van der Waals surface area contributed by atoms with E-state index in [4.69, 9.17) is 12.2 Å². The monoisotopic (exact) mass is 410 g/mol. The fraction of sp³-hybridized carbons (Fsp3) is 0.238. The molecular formula is C21H22N4O3S. The van der Waals surface area contributed by atoms with E-state index in [0.29, 0.717) is 18.5 Å². The fourth-order valence-corrected chi connectivity index (χ4v) is 3.29. The van der Waals surface area contributed by atoms with E-state index in [1.54, 1.807) is 30.3 Å². The van der Waals surface area contributed by atoms with Crippen LogP contribution in [0.3, 0.4) is 0 Å². The molecule has 1 atom stereocenters. The zero-order valence-corrected chi connectivity index (χ0v) is 16.8. The minimum Gasteiger partial charge on any atom is -0.356 e. The molecule has 0 saturated carbocycles. The quantitative estimate of drug-likeness (QED) is 0.677. The fourth-order valence-electron chi connectivity index (χ4n) is 3.03. The van der Waals surface area contributed by atoms with Crippen molar-refractivity contribution in [2.24, 2.45) is 0 Å². The summed E-state index contributed by atoms with van der Waals surface area (Å²) < 4.78 is 0. The third-order valence-electron chi connectivity index (χ3n) is 4.64. The van der Waals surface area contributed by atoms with E-state index in [-0.39, 0.29) is 23.3 Å². The van der Waals surface area contributed by atoms with Crippen molar-refractivity contribution in [2.75, 3.05) is 13.6 Å². The van der Waals surface area contributed by atoms with Gasteiger partial charge in [0.25, 0.3) is 11.8 Å². The summed E-state index contributed by atoms with van der Waals surface area (Å²) in [5.41, 5.74) is 4.20. The molecule has 3 amide bonds. The van der Waals surface area contributed by atoms with Crippen molar-refractivity contribution in [2.45, 2.75) is 18.9 Å². The Morgan fingerprint density at radius 3 is 2.31 bits per heavy atom. The second-order valence-corrected chi connectivity index (χ2v) is 7.03. The lowest BCUT2D eigenvalue weighted by Gasteiger charge is -2.24. The van der Waals surface area contributed by atoms with Crippen molar-refractivity contribution in [3.8, 4) is 0 Å². The molecule has 1 fully saturated rings. The highest BCUT2D eigenvalue weighted by Crippen LogP contribution is 2.17. The molecule has 2 aromatic rings. The van der Waals surface area contributed by atoms with Gasteiger partial charge in [0.15, 0.2) is 5.11 Å². The average Bonchev–Trinajstić information content (AvgIpc) is 2.93. The van der Waals surface area contributed by atoms with Crippen molar-refractivity contribution in [1.82, 2.24) is 20.7 Å². The van der Waals surface area contributed by atoms with Gasteiger partial charge in [0.2, 0.25) is 5.91 Å². The molecule has 0 spiro atoms. The highest BCUT2D eigenvalue weighted by molar-refractivity contribution is 7.80. The van der Waals surface area contributed by atoms with E-state index in [9.17, 15) is 14.4 Å². The van der Waals surface area contributed by atoms with Crippen molar-refractivity contribution in [1.29, 1.82) is 0 Å². The molecule has 0 radical (unpaired) electrons. The predicted molar refractivity (Wildman–Crippen MR) is 113 cm³/mol. The second kappa shape index (κ2) is 9.29. The summed E-state index contributed by atoms with van der Waals surface area (Å²) in [4.78, 5) is 38.7. The maximum absolute atomic E-state index is 12.5. The number of thiocarbonyl (C=S) groups is 1. The number of hydrazine groups is 1. The van der Waals surface area contributed by atoms with E-state index in [0.717, 1.165) is 5.56 Å². The number of nitrogens with zero attached hydrogens (tertiary/aromatic N) is 2. The average molecular weight is 410 g/mol. The number of carbonyl (C=O) groups is 3. The van der Waals surface area contributed by atoms with E-state index < -0.39 is 11.9 Å². The number of hydrogen-bond donors (Lipinski definition) is 2. The molecule has 7 nitrogen and oxygen atoms in total. The summed E-state index contributed by atoms with van der Waals surface area (Å²) in [5.74, 6) is -1.01. The van der Waals surface area contributed by atoms with Gasteiger partial charge in [0.1, 0.15) is 6.04 Å². The molecule has 0 aromatic heterocycles. The van der Waals surface area contributed by atoms with Crippen LogP contribution in [-0.2, 0) is 16.0 Å². The Labute approximate surface area is 174 Å². The van der Waals surface area contributed by atoms with Gasteiger partial charge in [-0.25, -0.2) is 5.01 Å². The van der Waals surface area contributed by atoms with Gasteiger partial charge >= 0.3 is 0 Å². The SMILES string of the molecule is CN1C(=O)[C@H](CC(=O)NCCc2ccccc2)N(NC(=O)c2ccccc2)C1=S. The van der Waals surface area contributed by atoms with Crippen LogP contribution in [0.25, 0.3) is 0 Å². The normalized spacial score (nSPS) is 16.1. The van der Waals surface area contributed by atoms with Gasteiger partial charge in [-0.05, 0) is 36.3 Å². The zero-order valence-electron chi connectivity index (χ0n) is 16.0. The largest absolute Gasteiger partial charge is 0.356 e. The van der Waals surface area contributed by atoms with Crippen LogP contribution in [0.1, 0.15) is 22.3 Å². The highest BCUT2D eigenvalue weighted by atomic mass is 32.1. The lowest BCUT2D eigenvalue weighted by molar-refractivity contribution is -0.131. The molecule has 2 N–H and O–H groups in total. The summed E-state index contributed by atoms with van der Waals surface area (Å²) in [5, 5.41) is 4.27. The van der Waals surface area contributed by atoms with Gasteiger partial charge in [-0.2, -0.15) is 0 Å². The van der Waals surface area contributed by atoms with Crippen LogP contribution in [0.4, 0.5) is 0 Å². The van der Waals surface area contributed by atoms with E-state index >= 15 is 0 Å². The van der Waals surface area contributed by atoms with Crippen LogP contribution in [0.15, 0.2) is 60.7 Å². The number of amides is 3. The standard InChI is InChI=1S/C21H22N4O3S/c1-24-20(28)17(14-18(26)22-13-12-15-8-4-2-5-9-15)25(21(24)29)23-19(27)16-10-6-3-7-11-16/h2-11,17H,12-14H2,1H3,(H,22,26)(H,23,27)/t17-/m0/s1. The summed E-state index contributed by atoms with van der Waals surface area (Å²) in [6.45, 7) is 0.459. The predicted octanol–water partition coefficient (Wildman–Crippen LogP) is 1.51. The van der Waals surface area contributed by atoms with Crippen LogP contribution in [0.5, 0.6) is 0 Å². The Kier molecular flexibility index (Phi) is 6.56. The van der Waals surface area contributed by atoms with Gasteiger partial charge in [-0.15, -0.1) is 0 Å². The van der Waals surface area contributed by atoms with Gasteiger partial charge < -0.3 is 5.32 Å². The molecule has 0 bridgehead atoms. The van der Waals surface area contributed by atoms with Crippen LogP contribution in [0.2, 0.25) is 0 Å². The number of nitrogens with one attached hydrogen (secondary N) is 2. The summed E-state index contributed by atoms with van der Waals surface area (Å²) in [7, 11) is 1.53. The lowest BCUT2D eigenvalue weighted by Crippen LogP contribution is -2.50. The molecule has 150 valence electrons. The molecule has 2 aromatic carbocycles. The van der Waals surface area contributed by atoms with E-state index in [1.165, 1.54) is 17.0 Å². The molecular weight excluding hydrogens is 388 g/mol. The summed E-state index contributed by atoms with van der Waals surface area (Å²) in [6.07, 6.45) is 0.588. The van der Waals surface area contributed by atoms with Crippen molar-refractivity contribution in [3.63, 3.8) is 0 Å². The maximum Gasteiger partial charge on any atom is 0.269 e.